The van der Waals surface area contributed by atoms with Crippen LogP contribution in [0.5, 0.6) is 0 Å². The molecular weight excluding hydrogens is 493 g/mol. The number of rotatable bonds is 9. The molecule has 0 fully saturated rings. The number of benzene rings is 2. The van der Waals surface area contributed by atoms with E-state index >= 15 is 0 Å². The molecule has 2 N–H and O–H groups in total. The number of nitrogens with zero attached hydrogens (tertiary/aromatic N) is 2. The Kier molecular flexibility index (Phi) is 8.43. The number of ether oxygens (including phenoxy) is 1. The van der Waals surface area contributed by atoms with E-state index in [1.54, 1.807) is 19.9 Å². The van der Waals surface area contributed by atoms with E-state index in [-0.39, 0.29) is 12.1 Å². The molecule has 1 atom stereocenters. The topological polar surface area (TPSA) is 59.1 Å². The van der Waals surface area contributed by atoms with Gasteiger partial charge < -0.3 is 10.6 Å². The van der Waals surface area contributed by atoms with Crippen molar-refractivity contribution in [1.29, 1.82) is 0 Å². The summed E-state index contributed by atoms with van der Waals surface area (Å²) in [5.74, 6) is -0.172. The first-order chi connectivity index (χ1) is 16.4. The maximum Gasteiger partial charge on any atom is 0.522 e. The Morgan fingerprint density at radius 3 is 2.46 bits per heavy atom. The zero-order valence-electron chi connectivity index (χ0n) is 19.5. The molecule has 0 radical (unpaired) electrons. The van der Waals surface area contributed by atoms with Crippen molar-refractivity contribution in [3.8, 4) is 0 Å². The second-order valence-corrected chi connectivity index (χ2v) is 10.4. The fraction of sp³-hybridized carbons (Fsp3) is 0.391. The van der Waals surface area contributed by atoms with Crippen LogP contribution in [0.2, 0.25) is 0 Å². The van der Waals surface area contributed by atoms with Gasteiger partial charge in [0.15, 0.2) is 0 Å². The molecule has 0 aliphatic rings. The second-order valence-electron chi connectivity index (χ2n) is 8.18. The van der Waals surface area contributed by atoms with Crippen LogP contribution in [0.25, 0.3) is 10.9 Å². The van der Waals surface area contributed by atoms with Crippen molar-refractivity contribution in [2.45, 2.75) is 39.2 Å². The lowest BCUT2D eigenvalue weighted by molar-refractivity contribution is -0.325. The van der Waals surface area contributed by atoms with Crippen molar-refractivity contribution in [3.05, 3.63) is 53.1 Å². The van der Waals surface area contributed by atoms with E-state index in [1.165, 1.54) is 12.1 Å². The van der Waals surface area contributed by atoms with E-state index in [0.29, 0.717) is 28.2 Å². The summed E-state index contributed by atoms with van der Waals surface area (Å²) in [5.41, 5.74) is 0.551. The molecule has 3 aromatic rings. The highest BCUT2D eigenvalue weighted by molar-refractivity contribution is 7.64. The summed E-state index contributed by atoms with van der Waals surface area (Å²) in [6, 6.07) is 6.77. The fourth-order valence-corrected chi connectivity index (χ4v) is 4.51. The van der Waals surface area contributed by atoms with Gasteiger partial charge in [0.1, 0.15) is 17.5 Å². The molecule has 190 valence electrons. The zero-order chi connectivity index (χ0) is 25.9. The molecule has 3 rings (SSSR count). The summed E-state index contributed by atoms with van der Waals surface area (Å²) in [7, 11) is -0.694. The van der Waals surface area contributed by atoms with Crippen molar-refractivity contribution >= 4 is 35.6 Å². The van der Waals surface area contributed by atoms with E-state index in [4.69, 9.17) is 0 Å². The van der Waals surface area contributed by atoms with Crippen LogP contribution in [0.3, 0.4) is 0 Å². The normalized spacial score (nSPS) is 13.0. The minimum atomic E-state index is -4.72. The number of anilines is 2. The first-order valence-electron chi connectivity index (χ1n) is 10.6. The highest BCUT2D eigenvalue weighted by Gasteiger charge is 2.30. The molecule has 0 bridgehead atoms. The Morgan fingerprint density at radius 1 is 1.11 bits per heavy atom. The minimum Gasteiger partial charge on any atom is -0.380 e. The standard InChI is InChI=1S/C23H25F6N4OP/c1-12(11-34-23(27,28)29)31-18-9-17-16(8-19(18)35(3)4)22(33-13(2)32-17)30-10-14-6-5-7-15(20(14)24)21(25)26/h5-9,12,21,31H,10-11H2,1-4H3,(H,30,32,33). The quantitative estimate of drug-likeness (QED) is 0.256. The minimum absolute atomic E-state index is 0.0671. The maximum absolute atomic E-state index is 14.5. The molecule has 0 saturated heterocycles. The predicted octanol–water partition coefficient (Wildman–Crippen LogP) is 6.33. The molecule has 0 amide bonds. The van der Waals surface area contributed by atoms with Crippen LogP contribution in [0.1, 0.15) is 30.3 Å². The molecule has 2 aromatic carbocycles. The molecule has 0 aliphatic heterocycles. The third-order valence-corrected chi connectivity index (χ3v) is 6.43. The molecule has 1 unspecified atom stereocenters. The molecule has 1 heterocycles. The van der Waals surface area contributed by atoms with Gasteiger partial charge in [-0.2, -0.15) is 0 Å². The lowest BCUT2D eigenvalue weighted by Crippen LogP contribution is -2.28. The molecule has 12 heteroatoms. The van der Waals surface area contributed by atoms with Crippen LogP contribution in [-0.4, -0.2) is 42.3 Å². The predicted molar refractivity (Wildman–Crippen MR) is 126 cm³/mol. The average Bonchev–Trinajstić information content (AvgIpc) is 2.75. The number of fused-ring (bicyclic) bond motifs is 1. The SMILES string of the molecule is Cc1nc(NCc2cccc(C(F)F)c2F)c2cc(P(C)C)c(NC(C)COC(F)(F)F)cc2n1. The van der Waals surface area contributed by atoms with Gasteiger partial charge in [-0.3, -0.25) is 4.74 Å². The van der Waals surface area contributed by atoms with E-state index in [0.717, 1.165) is 11.4 Å². The van der Waals surface area contributed by atoms with Gasteiger partial charge in [0.05, 0.1) is 17.7 Å². The summed E-state index contributed by atoms with van der Waals surface area (Å²) in [5, 5.41) is 7.58. The van der Waals surface area contributed by atoms with Gasteiger partial charge in [-0.25, -0.2) is 23.1 Å². The zero-order valence-corrected chi connectivity index (χ0v) is 20.4. The van der Waals surface area contributed by atoms with Crippen LogP contribution < -0.4 is 15.9 Å². The molecule has 1 aromatic heterocycles. The van der Waals surface area contributed by atoms with Crippen LogP contribution in [0.4, 0.5) is 37.8 Å². The van der Waals surface area contributed by atoms with Crippen molar-refractivity contribution in [2.24, 2.45) is 0 Å². The highest BCUT2D eigenvalue weighted by Crippen LogP contribution is 2.33. The Labute approximate surface area is 200 Å². The third-order valence-electron chi connectivity index (χ3n) is 5.10. The molecule has 5 nitrogen and oxygen atoms in total. The van der Waals surface area contributed by atoms with E-state index < -0.39 is 44.7 Å². The van der Waals surface area contributed by atoms with Crippen molar-refractivity contribution in [3.63, 3.8) is 0 Å². The number of halogens is 6. The van der Waals surface area contributed by atoms with Crippen LogP contribution >= 0.6 is 7.92 Å². The van der Waals surface area contributed by atoms with Gasteiger partial charge in [0.2, 0.25) is 0 Å². The monoisotopic (exact) mass is 518 g/mol. The number of nitrogens with one attached hydrogen (secondary N) is 2. The number of hydrogen-bond acceptors (Lipinski definition) is 5. The molecule has 0 saturated carbocycles. The van der Waals surface area contributed by atoms with Gasteiger partial charge in [0, 0.05) is 29.2 Å². The fourth-order valence-electron chi connectivity index (χ4n) is 3.51. The Hall–Kier alpha value is -2.65. The largest absolute Gasteiger partial charge is 0.522 e. The van der Waals surface area contributed by atoms with Gasteiger partial charge in [-0.15, -0.1) is 13.2 Å². The number of hydrogen-bond donors (Lipinski definition) is 2. The smallest absolute Gasteiger partial charge is 0.380 e. The van der Waals surface area contributed by atoms with Crippen molar-refractivity contribution < 1.29 is 31.1 Å². The number of aromatic nitrogens is 2. The average molecular weight is 518 g/mol. The lowest BCUT2D eigenvalue weighted by atomic mass is 10.1. The lowest BCUT2D eigenvalue weighted by Gasteiger charge is -2.22. The van der Waals surface area contributed by atoms with Crippen LogP contribution in [0.15, 0.2) is 30.3 Å². The van der Waals surface area contributed by atoms with Gasteiger partial charge in [-0.05, 0) is 44.6 Å². The molecule has 35 heavy (non-hydrogen) atoms. The van der Waals surface area contributed by atoms with Crippen LogP contribution in [-0.2, 0) is 11.3 Å². The Balaban J connectivity index is 1.93. The highest BCUT2D eigenvalue weighted by atomic mass is 31.1. The van der Waals surface area contributed by atoms with E-state index in [9.17, 15) is 26.3 Å². The summed E-state index contributed by atoms with van der Waals surface area (Å²) in [4.78, 5) is 8.83. The Bertz CT molecular complexity index is 1190. The first kappa shape index (κ1) is 26.9. The van der Waals surface area contributed by atoms with Gasteiger partial charge in [0.25, 0.3) is 6.43 Å². The molecular formula is C23H25F6N4OP. The molecule has 0 aliphatic carbocycles. The number of aryl methyl sites for hydroxylation is 1. The first-order valence-corrected chi connectivity index (χ1v) is 12.9. The molecule has 0 spiro atoms. The van der Waals surface area contributed by atoms with Gasteiger partial charge >= 0.3 is 6.36 Å². The maximum atomic E-state index is 14.5. The van der Waals surface area contributed by atoms with E-state index in [1.807, 2.05) is 19.4 Å². The van der Waals surface area contributed by atoms with Gasteiger partial charge in [-0.1, -0.05) is 26.1 Å². The Morgan fingerprint density at radius 2 is 1.83 bits per heavy atom. The number of alkyl halides is 5. The van der Waals surface area contributed by atoms with E-state index in [2.05, 4.69) is 25.3 Å². The summed E-state index contributed by atoms with van der Waals surface area (Å²) in [6.45, 7) is 6.58. The van der Waals surface area contributed by atoms with Crippen molar-refractivity contribution in [2.75, 3.05) is 30.6 Å². The van der Waals surface area contributed by atoms with Crippen LogP contribution in [0, 0.1) is 12.7 Å². The third kappa shape index (κ3) is 6.95. The summed E-state index contributed by atoms with van der Waals surface area (Å²) < 4.78 is 81.7. The van der Waals surface area contributed by atoms with Crippen molar-refractivity contribution in [1.82, 2.24) is 9.97 Å². The summed E-state index contributed by atoms with van der Waals surface area (Å²) in [6.07, 6.45) is -7.65. The summed E-state index contributed by atoms with van der Waals surface area (Å²) >= 11 is 0. The second kappa shape index (κ2) is 11.0.